The molecule has 3 rings (SSSR count). The van der Waals surface area contributed by atoms with Gasteiger partial charge in [-0.1, -0.05) is 41.9 Å². The Morgan fingerprint density at radius 2 is 1.74 bits per heavy atom. The van der Waals surface area contributed by atoms with Gasteiger partial charge >= 0.3 is 0 Å². The van der Waals surface area contributed by atoms with Gasteiger partial charge < -0.3 is 9.52 Å². The molecule has 0 saturated heterocycles. The Morgan fingerprint density at radius 1 is 1.05 bits per heavy atom. The minimum atomic E-state index is -0.773. The Labute approximate surface area is 116 Å². The van der Waals surface area contributed by atoms with Gasteiger partial charge in [0.1, 0.15) is 17.4 Å². The van der Waals surface area contributed by atoms with E-state index in [2.05, 4.69) is 0 Å². The molecule has 0 aliphatic rings. The third kappa shape index (κ3) is 2.14. The van der Waals surface area contributed by atoms with E-state index in [4.69, 9.17) is 16.0 Å². The van der Waals surface area contributed by atoms with Gasteiger partial charge in [-0.3, -0.25) is 0 Å². The summed E-state index contributed by atoms with van der Waals surface area (Å²) in [6.45, 7) is 1.96. The van der Waals surface area contributed by atoms with Crippen molar-refractivity contribution in [2.45, 2.75) is 13.0 Å². The molecule has 0 aliphatic heterocycles. The number of para-hydroxylation sites is 1. The summed E-state index contributed by atoms with van der Waals surface area (Å²) in [5, 5.41) is 12.1. The van der Waals surface area contributed by atoms with Crippen molar-refractivity contribution in [3.05, 3.63) is 70.4 Å². The van der Waals surface area contributed by atoms with Crippen LogP contribution in [-0.4, -0.2) is 5.11 Å². The van der Waals surface area contributed by atoms with Crippen LogP contribution in [0, 0.1) is 6.92 Å². The zero-order chi connectivity index (χ0) is 13.4. The summed E-state index contributed by atoms with van der Waals surface area (Å²) in [4.78, 5) is 0. The molecule has 3 heteroatoms. The number of halogens is 1. The molecule has 0 spiro atoms. The second-order valence-electron chi connectivity index (χ2n) is 4.54. The summed E-state index contributed by atoms with van der Waals surface area (Å²) in [5.41, 5.74) is 2.53. The first-order chi connectivity index (χ1) is 9.16. The maximum atomic E-state index is 10.4. The van der Waals surface area contributed by atoms with E-state index in [9.17, 15) is 5.11 Å². The minimum Gasteiger partial charge on any atom is -0.458 e. The number of aliphatic hydroxyl groups is 1. The molecule has 1 unspecified atom stereocenters. The van der Waals surface area contributed by atoms with Crippen LogP contribution in [0.25, 0.3) is 11.0 Å². The summed E-state index contributed by atoms with van der Waals surface area (Å²) in [7, 11) is 0. The fraction of sp³-hybridized carbons (Fsp3) is 0.125. The Morgan fingerprint density at radius 3 is 2.42 bits per heavy atom. The zero-order valence-corrected chi connectivity index (χ0v) is 11.2. The standard InChI is InChI=1S/C16H13ClO2/c1-10-13-4-2-3-5-14(13)19-16(10)15(18)11-6-8-12(17)9-7-11/h2-9,15,18H,1H3. The van der Waals surface area contributed by atoms with Gasteiger partial charge in [0.2, 0.25) is 0 Å². The zero-order valence-electron chi connectivity index (χ0n) is 10.4. The molecule has 1 N–H and O–H groups in total. The van der Waals surface area contributed by atoms with Crippen molar-refractivity contribution in [1.29, 1.82) is 0 Å². The predicted molar refractivity (Wildman–Crippen MR) is 76.5 cm³/mol. The second-order valence-corrected chi connectivity index (χ2v) is 4.98. The van der Waals surface area contributed by atoms with E-state index in [0.717, 1.165) is 22.1 Å². The topological polar surface area (TPSA) is 33.4 Å². The van der Waals surface area contributed by atoms with Gasteiger partial charge in [0, 0.05) is 16.0 Å². The predicted octanol–water partition coefficient (Wildman–Crippen LogP) is 4.48. The lowest BCUT2D eigenvalue weighted by Crippen LogP contribution is -1.99. The van der Waals surface area contributed by atoms with E-state index in [1.807, 2.05) is 31.2 Å². The minimum absolute atomic E-state index is 0.587. The van der Waals surface area contributed by atoms with Crippen LogP contribution in [-0.2, 0) is 0 Å². The molecule has 0 aliphatic carbocycles. The normalized spacial score (nSPS) is 12.8. The first-order valence-electron chi connectivity index (χ1n) is 6.08. The number of rotatable bonds is 2. The lowest BCUT2D eigenvalue weighted by Gasteiger charge is -2.09. The lowest BCUT2D eigenvalue weighted by atomic mass is 10.0. The van der Waals surface area contributed by atoms with Crippen molar-refractivity contribution < 1.29 is 9.52 Å². The average molecular weight is 273 g/mol. The number of furan rings is 1. The maximum Gasteiger partial charge on any atom is 0.141 e. The third-order valence-corrected chi connectivity index (χ3v) is 3.57. The molecule has 2 nitrogen and oxygen atoms in total. The van der Waals surface area contributed by atoms with E-state index < -0.39 is 6.10 Å². The molecule has 1 heterocycles. The highest BCUT2D eigenvalue weighted by Gasteiger charge is 2.19. The van der Waals surface area contributed by atoms with E-state index in [1.54, 1.807) is 24.3 Å². The summed E-state index contributed by atoms with van der Waals surface area (Å²) in [5.74, 6) is 0.587. The first-order valence-corrected chi connectivity index (χ1v) is 6.46. The SMILES string of the molecule is Cc1c(C(O)c2ccc(Cl)cc2)oc2ccccc12. The Hall–Kier alpha value is -1.77. The Kier molecular flexibility index (Phi) is 3.05. The number of fused-ring (bicyclic) bond motifs is 1. The summed E-state index contributed by atoms with van der Waals surface area (Å²) >= 11 is 5.85. The van der Waals surface area contributed by atoms with Crippen molar-refractivity contribution in [1.82, 2.24) is 0 Å². The van der Waals surface area contributed by atoms with E-state index in [0.29, 0.717) is 10.8 Å². The Balaban J connectivity index is 2.08. The quantitative estimate of drug-likeness (QED) is 0.746. The highest BCUT2D eigenvalue weighted by Crippen LogP contribution is 2.32. The third-order valence-electron chi connectivity index (χ3n) is 3.31. The van der Waals surface area contributed by atoms with E-state index in [1.165, 1.54) is 0 Å². The molecule has 1 atom stereocenters. The molecule has 0 bridgehead atoms. The monoisotopic (exact) mass is 272 g/mol. The van der Waals surface area contributed by atoms with Gasteiger partial charge in [-0.05, 0) is 30.7 Å². The second kappa shape index (κ2) is 4.72. The number of aryl methyl sites for hydroxylation is 1. The van der Waals surface area contributed by atoms with Gasteiger partial charge in [0.05, 0.1) is 0 Å². The van der Waals surface area contributed by atoms with E-state index >= 15 is 0 Å². The molecular weight excluding hydrogens is 260 g/mol. The highest BCUT2D eigenvalue weighted by atomic mass is 35.5. The van der Waals surface area contributed by atoms with Crippen molar-refractivity contribution in [3.63, 3.8) is 0 Å². The van der Waals surface area contributed by atoms with Gasteiger partial charge in [-0.25, -0.2) is 0 Å². The Bertz CT molecular complexity index is 713. The number of aliphatic hydroxyl groups excluding tert-OH is 1. The first kappa shape index (κ1) is 12.3. The van der Waals surface area contributed by atoms with Crippen molar-refractivity contribution >= 4 is 22.6 Å². The molecule has 2 aromatic carbocycles. The number of benzene rings is 2. The van der Waals surface area contributed by atoms with Gasteiger partial charge in [0.25, 0.3) is 0 Å². The number of hydrogen-bond acceptors (Lipinski definition) is 2. The molecule has 0 saturated carbocycles. The van der Waals surface area contributed by atoms with Gasteiger partial charge in [0.15, 0.2) is 0 Å². The molecule has 0 amide bonds. The van der Waals surface area contributed by atoms with Crippen LogP contribution in [0.4, 0.5) is 0 Å². The van der Waals surface area contributed by atoms with Crippen molar-refractivity contribution in [2.75, 3.05) is 0 Å². The fourth-order valence-corrected chi connectivity index (χ4v) is 2.38. The summed E-state index contributed by atoms with van der Waals surface area (Å²) in [6.07, 6.45) is -0.773. The average Bonchev–Trinajstić information content (AvgIpc) is 2.77. The van der Waals surface area contributed by atoms with Gasteiger partial charge in [-0.15, -0.1) is 0 Å². The van der Waals surface area contributed by atoms with Crippen LogP contribution in [0.15, 0.2) is 52.9 Å². The molecule has 19 heavy (non-hydrogen) atoms. The molecule has 96 valence electrons. The molecule has 1 aromatic heterocycles. The van der Waals surface area contributed by atoms with Gasteiger partial charge in [-0.2, -0.15) is 0 Å². The summed E-state index contributed by atoms with van der Waals surface area (Å²) < 4.78 is 5.76. The molecule has 3 aromatic rings. The summed E-state index contributed by atoms with van der Waals surface area (Å²) in [6, 6.07) is 14.9. The molecular formula is C16H13ClO2. The van der Waals surface area contributed by atoms with Crippen LogP contribution >= 0.6 is 11.6 Å². The van der Waals surface area contributed by atoms with Crippen molar-refractivity contribution in [2.24, 2.45) is 0 Å². The van der Waals surface area contributed by atoms with E-state index in [-0.39, 0.29) is 0 Å². The van der Waals surface area contributed by atoms with Crippen molar-refractivity contribution in [3.8, 4) is 0 Å². The fourth-order valence-electron chi connectivity index (χ4n) is 2.25. The van der Waals surface area contributed by atoms with Crippen LogP contribution in [0.2, 0.25) is 5.02 Å². The van der Waals surface area contributed by atoms with Crippen LogP contribution in [0.1, 0.15) is 23.0 Å². The lowest BCUT2D eigenvalue weighted by molar-refractivity contribution is 0.191. The number of hydrogen-bond donors (Lipinski definition) is 1. The van der Waals surface area contributed by atoms with Crippen LogP contribution in [0.5, 0.6) is 0 Å². The smallest absolute Gasteiger partial charge is 0.141 e. The molecule has 0 radical (unpaired) electrons. The van der Waals surface area contributed by atoms with Crippen LogP contribution < -0.4 is 0 Å². The largest absolute Gasteiger partial charge is 0.458 e. The van der Waals surface area contributed by atoms with Crippen LogP contribution in [0.3, 0.4) is 0 Å². The molecule has 0 fully saturated rings. The highest BCUT2D eigenvalue weighted by molar-refractivity contribution is 6.30. The maximum absolute atomic E-state index is 10.4.